The molecule has 1 nitrogen and oxygen atoms in total. The summed E-state index contributed by atoms with van der Waals surface area (Å²) in [5, 5.41) is 0. The predicted molar refractivity (Wildman–Crippen MR) is 90.7 cm³/mol. The second kappa shape index (κ2) is 9.08. The molecule has 0 N–H and O–H groups in total. The summed E-state index contributed by atoms with van der Waals surface area (Å²) in [6.45, 7) is -1.00. The number of ether oxygens (including phenoxy) is 1. The van der Waals surface area contributed by atoms with E-state index in [4.69, 9.17) is 0 Å². The molecule has 1 aliphatic rings. The minimum absolute atomic E-state index is 0.138. The van der Waals surface area contributed by atoms with Gasteiger partial charge in [-0.05, 0) is 72.5 Å². The van der Waals surface area contributed by atoms with E-state index in [2.05, 4.69) is 27.3 Å². The van der Waals surface area contributed by atoms with Gasteiger partial charge in [0.25, 0.3) is 6.43 Å². The van der Waals surface area contributed by atoms with Gasteiger partial charge in [0.2, 0.25) is 0 Å². The molecule has 0 atom stereocenters. The molecule has 1 saturated carbocycles. The minimum atomic E-state index is -2.76. The highest BCUT2D eigenvalue weighted by Crippen LogP contribution is 2.39. The van der Waals surface area contributed by atoms with Gasteiger partial charge in [0.05, 0.1) is 0 Å². The van der Waals surface area contributed by atoms with Crippen molar-refractivity contribution >= 4 is 22.6 Å². The largest absolute Gasteiger partial charge is 0.482 e. The number of benzene rings is 1. The third-order valence-corrected chi connectivity index (χ3v) is 5.20. The first kappa shape index (κ1) is 18.8. The monoisotopic (exact) mass is 444 g/mol. The molecule has 0 spiro atoms. The van der Waals surface area contributed by atoms with Crippen LogP contribution >= 0.6 is 22.6 Å². The third kappa shape index (κ3) is 5.50. The van der Waals surface area contributed by atoms with Gasteiger partial charge in [-0.2, -0.15) is 0 Å². The van der Waals surface area contributed by atoms with Crippen molar-refractivity contribution in [2.75, 3.05) is 11.0 Å². The van der Waals surface area contributed by atoms with Crippen molar-refractivity contribution < 1.29 is 22.3 Å². The fourth-order valence-electron chi connectivity index (χ4n) is 3.25. The smallest absolute Gasteiger partial charge is 0.272 e. The Morgan fingerprint density at radius 1 is 1.09 bits per heavy atom. The Balaban J connectivity index is 1.99. The third-order valence-electron chi connectivity index (χ3n) is 4.44. The van der Waals surface area contributed by atoms with Crippen molar-refractivity contribution in [3.63, 3.8) is 0 Å². The second-order valence-corrected chi connectivity index (χ2v) is 7.14. The number of halogens is 5. The Bertz CT molecular complexity index is 478. The molecule has 1 aliphatic carbocycles. The molecule has 0 heterocycles. The molecule has 0 saturated heterocycles. The maximum Gasteiger partial charge on any atom is 0.272 e. The van der Waals surface area contributed by atoms with Crippen LogP contribution in [-0.4, -0.2) is 17.5 Å². The molecular weight excluding hydrogens is 423 g/mol. The van der Waals surface area contributed by atoms with Crippen LogP contribution in [-0.2, 0) is 0 Å². The summed E-state index contributed by atoms with van der Waals surface area (Å²) < 4.78 is 57.8. The second-order valence-electron chi connectivity index (χ2n) is 6.06. The highest BCUT2D eigenvalue weighted by atomic mass is 127. The molecule has 1 fully saturated rings. The molecule has 23 heavy (non-hydrogen) atoms. The van der Waals surface area contributed by atoms with Crippen molar-refractivity contribution in [3.05, 3.63) is 29.3 Å². The van der Waals surface area contributed by atoms with Crippen LogP contribution in [0.2, 0.25) is 0 Å². The van der Waals surface area contributed by atoms with Gasteiger partial charge in [-0.3, -0.25) is 0 Å². The lowest BCUT2D eigenvalue weighted by Gasteiger charge is -2.29. The maximum atomic E-state index is 13.9. The zero-order valence-electron chi connectivity index (χ0n) is 12.8. The summed E-state index contributed by atoms with van der Waals surface area (Å²) in [5.74, 6) is -1.64. The highest BCUT2D eigenvalue weighted by Gasteiger charge is 2.24. The van der Waals surface area contributed by atoms with E-state index in [1.54, 1.807) is 0 Å². The van der Waals surface area contributed by atoms with Gasteiger partial charge >= 0.3 is 0 Å². The fourth-order valence-corrected chi connectivity index (χ4v) is 3.69. The molecule has 1 aromatic rings. The van der Waals surface area contributed by atoms with Crippen LogP contribution in [0.3, 0.4) is 0 Å². The molecule has 6 heteroatoms. The summed E-state index contributed by atoms with van der Waals surface area (Å²) >= 11 is 2.38. The minimum Gasteiger partial charge on any atom is -0.482 e. The number of hydrogen-bond acceptors (Lipinski definition) is 1. The first-order valence-corrected chi connectivity index (χ1v) is 9.49. The average molecular weight is 444 g/mol. The topological polar surface area (TPSA) is 9.23 Å². The molecular formula is C17H21F4IO. The van der Waals surface area contributed by atoms with Gasteiger partial charge < -0.3 is 4.74 Å². The van der Waals surface area contributed by atoms with Crippen LogP contribution in [0.4, 0.5) is 17.6 Å². The lowest BCUT2D eigenvalue weighted by atomic mass is 9.77. The first-order valence-electron chi connectivity index (χ1n) is 7.97. The van der Waals surface area contributed by atoms with Crippen LogP contribution in [0, 0.1) is 17.6 Å². The van der Waals surface area contributed by atoms with Gasteiger partial charge in [0.1, 0.15) is 6.61 Å². The molecule has 0 unspecified atom stereocenters. The number of rotatable bonds is 7. The van der Waals surface area contributed by atoms with Crippen molar-refractivity contribution in [2.45, 2.75) is 50.9 Å². The van der Waals surface area contributed by atoms with Crippen molar-refractivity contribution in [2.24, 2.45) is 5.92 Å². The van der Waals surface area contributed by atoms with Gasteiger partial charge in [-0.1, -0.05) is 22.6 Å². The van der Waals surface area contributed by atoms with Crippen molar-refractivity contribution in [1.29, 1.82) is 0 Å². The first-order chi connectivity index (χ1) is 11.0. The molecule has 0 aromatic heterocycles. The summed E-state index contributed by atoms with van der Waals surface area (Å²) in [4.78, 5) is 0. The Morgan fingerprint density at radius 3 is 2.22 bits per heavy atom. The number of hydrogen-bond donors (Lipinski definition) is 0. The van der Waals surface area contributed by atoms with Crippen LogP contribution in [0.1, 0.15) is 50.0 Å². The molecule has 0 radical (unpaired) electrons. The van der Waals surface area contributed by atoms with Crippen molar-refractivity contribution in [1.82, 2.24) is 0 Å². The Labute approximate surface area is 147 Å². The van der Waals surface area contributed by atoms with E-state index < -0.39 is 30.4 Å². The van der Waals surface area contributed by atoms with Gasteiger partial charge in [-0.25, -0.2) is 17.6 Å². The van der Waals surface area contributed by atoms with Crippen molar-refractivity contribution in [3.8, 4) is 5.75 Å². The van der Waals surface area contributed by atoms with Crippen LogP contribution in [0.25, 0.3) is 0 Å². The summed E-state index contributed by atoms with van der Waals surface area (Å²) in [5.41, 5.74) is 0.608. The molecule has 0 aliphatic heterocycles. The number of alkyl halides is 3. The van der Waals surface area contributed by atoms with E-state index in [1.807, 2.05) is 0 Å². The Morgan fingerprint density at radius 2 is 1.70 bits per heavy atom. The molecule has 130 valence electrons. The van der Waals surface area contributed by atoms with E-state index in [-0.39, 0.29) is 5.92 Å². The normalized spacial score (nSPS) is 21.7. The summed E-state index contributed by atoms with van der Waals surface area (Å²) in [6, 6.07) is 2.47. The van der Waals surface area contributed by atoms with E-state index >= 15 is 0 Å². The zero-order chi connectivity index (χ0) is 16.8. The van der Waals surface area contributed by atoms with Gasteiger partial charge in [-0.15, -0.1) is 0 Å². The SMILES string of the molecule is Fc1cc([C@H]2CC[C@H](CCCI)CC2)cc(F)c1OCC(F)F. The molecule has 1 aromatic carbocycles. The van der Waals surface area contributed by atoms with E-state index in [1.165, 1.54) is 25.0 Å². The highest BCUT2D eigenvalue weighted by molar-refractivity contribution is 14.1. The zero-order valence-corrected chi connectivity index (χ0v) is 15.0. The van der Waals surface area contributed by atoms with E-state index in [0.717, 1.165) is 30.1 Å². The lowest BCUT2D eigenvalue weighted by Crippen LogP contribution is -2.14. The van der Waals surface area contributed by atoms with Gasteiger partial charge in [0.15, 0.2) is 17.4 Å². The standard InChI is InChI=1S/C17H21F4IO/c18-14-8-13(9-15(19)17(14)23-10-16(20)21)12-5-3-11(4-6-12)2-1-7-22/h8-9,11-12,16H,1-7,10H2/t11-,12-. The lowest BCUT2D eigenvalue weighted by molar-refractivity contribution is 0.0777. The summed E-state index contributed by atoms with van der Waals surface area (Å²) in [7, 11) is 0. The summed E-state index contributed by atoms with van der Waals surface area (Å²) in [6.07, 6.45) is 3.67. The molecule has 0 bridgehead atoms. The Hall–Kier alpha value is -0.530. The maximum absolute atomic E-state index is 13.9. The van der Waals surface area contributed by atoms with Gasteiger partial charge in [0, 0.05) is 0 Å². The fraction of sp³-hybridized carbons (Fsp3) is 0.647. The average Bonchev–Trinajstić information content (AvgIpc) is 2.52. The molecule has 2 rings (SSSR count). The predicted octanol–water partition coefficient (Wildman–Crippen LogP) is 6.10. The quantitative estimate of drug-likeness (QED) is 0.281. The van der Waals surface area contributed by atoms with E-state index in [9.17, 15) is 17.6 Å². The van der Waals surface area contributed by atoms with E-state index in [0.29, 0.717) is 11.5 Å². The Kier molecular flexibility index (Phi) is 7.43. The molecule has 0 amide bonds. The van der Waals surface area contributed by atoms with Crippen LogP contribution < -0.4 is 4.74 Å². The van der Waals surface area contributed by atoms with Crippen LogP contribution in [0.15, 0.2) is 12.1 Å². The van der Waals surface area contributed by atoms with Crippen LogP contribution in [0.5, 0.6) is 5.75 Å².